The van der Waals surface area contributed by atoms with Crippen LogP contribution in [0.15, 0.2) is 29.2 Å². The predicted octanol–water partition coefficient (Wildman–Crippen LogP) is 1.15. The first-order chi connectivity index (χ1) is 7.02. The highest BCUT2D eigenvalue weighted by molar-refractivity contribution is 7.90. The van der Waals surface area contributed by atoms with Gasteiger partial charge in [-0.2, -0.15) is 0 Å². The molecule has 0 radical (unpaired) electrons. The summed E-state index contributed by atoms with van der Waals surface area (Å²) >= 11 is 0. The molecule has 0 bridgehead atoms. The molecule has 0 unspecified atom stereocenters. The molecule has 0 saturated heterocycles. The molecular weight excluding hydrogens is 210 g/mol. The van der Waals surface area contributed by atoms with E-state index in [0.717, 1.165) is 13.0 Å². The standard InChI is InChI=1S/C11H15NO2S/c1-15(13,14)10-4-2-8(3-5-10)11-6-9(11)7-12/h2-5,9,11H,6-7,12H2,1H3/t9-,11-/m0/s1. The van der Waals surface area contributed by atoms with Crippen molar-refractivity contribution in [1.29, 1.82) is 0 Å². The van der Waals surface area contributed by atoms with Crippen LogP contribution in [0.1, 0.15) is 17.9 Å². The molecule has 2 N–H and O–H groups in total. The summed E-state index contributed by atoms with van der Waals surface area (Å²) < 4.78 is 22.5. The van der Waals surface area contributed by atoms with Crippen molar-refractivity contribution in [2.45, 2.75) is 17.2 Å². The Labute approximate surface area is 90.2 Å². The van der Waals surface area contributed by atoms with Gasteiger partial charge in [-0.05, 0) is 42.5 Å². The molecule has 0 heterocycles. The maximum atomic E-state index is 11.2. The van der Waals surface area contributed by atoms with Crippen LogP contribution in [0.4, 0.5) is 0 Å². The van der Waals surface area contributed by atoms with Crippen LogP contribution in [-0.4, -0.2) is 21.2 Å². The third kappa shape index (κ3) is 2.21. The Hall–Kier alpha value is -0.870. The van der Waals surface area contributed by atoms with E-state index < -0.39 is 9.84 Å². The van der Waals surface area contributed by atoms with E-state index in [1.807, 2.05) is 12.1 Å². The highest BCUT2D eigenvalue weighted by atomic mass is 32.2. The molecule has 15 heavy (non-hydrogen) atoms. The minimum absolute atomic E-state index is 0.385. The fourth-order valence-electron chi connectivity index (χ4n) is 1.88. The maximum Gasteiger partial charge on any atom is 0.175 e. The summed E-state index contributed by atoms with van der Waals surface area (Å²) in [7, 11) is -3.07. The molecule has 1 aromatic carbocycles. The van der Waals surface area contributed by atoms with E-state index in [-0.39, 0.29) is 0 Å². The van der Waals surface area contributed by atoms with Crippen LogP contribution >= 0.6 is 0 Å². The topological polar surface area (TPSA) is 60.2 Å². The van der Waals surface area contributed by atoms with Crippen LogP contribution in [0.5, 0.6) is 0 Å². The summed E-state index contributed by atoms with van der Waals surface area (Å²) in [6.45, 7) is 0.721. The van der Waals surface area contributed by atoms with E-state index in [9.17, 15) is 8.42 Å². The van der Waals surface area contributed by atoms with Gasteiger partial charge in [0.2, 0.25) is 0 Å². The van der Waals surface area contributed by atoms with E-state index in [2.05, 4.69) is 0 Å². The largest absolute Gasteiger partial charge is 0.330 e. The van der Waals surface area contributed by atoms with Crippen molar-refractivity contribution < 1.29 is 8.42 Å². The van der Waals surface area contributed by atoms with Gasteiger partial charge in [-0.1, -0.05) is 12.1 Å². The van der Waals surface area contributed by atoms with Gasteiger partial charge in [0.1, 0.15) is 0 Å². The number of hydrogen-bond acceptors (Lipinski definition) is 3. The van der Waals surface area contributed by atoms with E-state index in [1.54, 1.807) is 12.1 Å². The molecular formula is C11H15NO2S. The van der Waals surface area contributed by atoms with Crippen LogP contribution in [0, 0.1) is 5.92 Å². The molecule has 1 aliphatic rings. The second-order valence-corrected chi connectivity index (χ2v) is 6.19. The Morgan fingerprint density at radius 2 is 1.93 bits per heavy atom. The molecule has 0 amide bonds. The van der Waals surface area contributed by atoms with E-state index >= 15 is 0 Å². The van der Waals surface area contributed by atoms with Crippen molar-refractivity contribution in [1.82, 2.24) is 0 Å². The van der Waals surface area contributed by atoms with Gasteiger partial charge in [0.25, 0.3) is 0 Å². The third-order valence-electron chi connectivity index (χ3n) is 2.96. The van der Waals surface area contributed by atoms with Crippen LogP contribution in [0.25, 0.3) is 0 Å². The minimum atomic E-state index is -3.07. The molecule has 1 fully saturated rings. The van der Waals surface area contributed by atoms with Crippen LogP contribution < -0.4 is 5.73 Å². The monoisotopic (exact) mass is 225 g/mol. The first-order valence-corrected chi connectivity index (χ1v) is 6.91. The number of rotatable bonds is 3. The Morgan fingerprint density at radius 3 is 2.33 bits per heavy atom. The van der Waals surface area contributed by atoms with Crippen molar-refractivity contribution >= 4 is 9.84 Å². The quantitative estimate of drug-likeness (QED) is 0.839. The van der Waals surface area contributed by atoms with Gasteiger partial charge in [0, 0.05) is 6.26 Å². The molecule has 3 nitrogen and oxygen atoms in total. The second kappa shape index (κ2) is 3.61. The Bertz CT molecular complexity index is 450. The van der Waals surface area contributed by atoms with Gasteiger partial charge in [0.15, 0.2) is 9.84 Å². The average molecular weight is 225 g/mol. The SMILES string of the molecule is CS(=O)(=O)c1ccc([C@@H]2C[C@H]2CN)cc1. The number of benzene rings is 1. The normalized spacial score (nSPS) is 25.2. The molecule has 2 atom stereocenters. The number of nitrogens with two attached hydrogens (primary N) is 1. The lowest BCUT2D eigenvalue weighted by Gasteiger charge is -2.01. The van der Waals surface area contributed by atoms with Crippen molar-refractivity contribution in [2.75, 3.05) is 12.8 Å². The van der Waals surface area contributed by atoms with Crippen LogP contribution in [0.3, 0.4) is 0 Å². The lowest BCUT2D eigenvalue weighted by Crippen LogP contribution is -2.02. The molecule has 2 rings (SSSR count). The third-order valence-corrected chi connectivity index (χ3v) is 4.09. The molecule has 1 aliphatic carbocycles. The van der Waals surface area contributed by atoms with Crippen molar-refractivity contribution in [2.24, 2.45) is 11.7 Å². The van der Waals surface area contributed by atoms with E-state index in [4.69, 9.17) is 5.73 Å². The van der Waals surface area contributed by atoms with Crippen LogP contribution in [-0.2, 0) is 9.84 Å². The molecule has 4 heteroatoms. The highest BCUT2D eigenvalue weighted by Gasteiger charge is 2.36. The van der Waals surface area contributed by atoms with Crippen LogP contribution in [0.2, 0.25) is 0 Å². The average Bonchev–Trinajstić information content (AvgIpc) is 2.95. The second-order valence-electron chi connectivity index (χ2n) is 4.18. The van der Waals surface area contributed by atoms with Gasteiger partial charge in [-0.3, -0.25) is 0 Å². The fraction of sp³-hybridized carbons (Fsp3) is 0.455. The predicted molar refractivity (Wildman–Crippen MR) is 59.5 cm³/mol. The lowest BCUT2D eigenvalue weighted by molar-refractivity contribution is 0.602. The molecule has 0 aromatic heterocycles. The molecule has 0 aliphatic heterocycles. The zero-order valence-electron chi connectivity index (χ0n) is 8.68. The summed E-state index contributed by atoms with van der Waals surface area (Å²) in [5, 5.41) is 0. The summed E-state index contributed by atoms with van der Waals surface area (Å²) in [5.74, 6) is 1.14. The first-order valence-electron chi connectivity index (χ1n) is 5.02. The van der Waals surface area contributed by atoms with Gasteiger partial charge < -0.3 is 5.73 Å². The number of sulfone groups is 1. The van der Waals surface area contributed by atoms with Gasteiger partial charge >= 0.3 is 0 Å². The molecule has 1 saturated carbocycles. The molecule has 1 aromatic rings. The summed E-state index contributed by atoms with van der Waals surface area (Å²) in [6.07, 6.45) is 2.36. The Morgan fingerprint density at radius 1 is 1.33 bits per heavy atom. The first kappa shape index (κ1) is 10.6. The van der Waals surface area contributed by atoms with Crippen molar-refractivity contribution in [3.63, 3.8) is 0 Å². The summed E-state index contributed by atoms with van der Waals surface area (Å²) in [4.78, 5) is 0.385. The summed E-state index contributed by atoms with van der Waals surface area (Å²) in [5.41, 5.74) is 6.77. The number of hydrogen-bond donors (Lipinski definition) is 1. The smallest absolute Gasteiger partial charge is 0.175 e. The van der Waals surface area contributed by atoms with E-state index in [1.165, 1.54) is 11.8 Å². The highest BCUT2D eigenvalue weighted by Crippen LogP contribution is 2.46. The zero-order chi connectivity index (χ0) is 11.1. The lowest BCUT2D eigenvalue weighted by atomic mass is 10.1. The summed E-state index contributed by atoms with van der Waals surface area (Å²) in [6, 6.07) is 7.15. The Balaban J connectivity index is 2.19. The van der Waals surface area contributed by atoms with Gasteiger partial charge in [0.05, 0.1) is 4.90 Å². The zero-order valence-corrected chi connectivity index (χ0v) is 9.50. The van der Waals surface area contributed by atoms with Gasteiger partial charge in [-0.15, -0.1) is 0 Å². The van der Waals surface area contributed by atoms with Crippen molar-refractivity contribution in [3.05, 3.63) is 29.8 Å². The molecule has 0 spiro atoms. The van der Waals surface area contributed by atoms with Crippen molar-refractivity contribution in [3.8, 4) is 0 Å². The Kier molecular flexibility index (Phi) is 2.56. The maximum absolute atomic E-state index is 11.2. The van der Waals surface area contributed by atoms with Gasteiger partial charge in [-0.25, -0.2) is 8.42 Å². The fourth-order valence-corrected chi connectivity index (χ4v) is 2.51. The van der Waals surface area contributed by atoms with E-state index in [0.29, 0.717) is 16.7 Å². The minimum Gasteiger partial charge on any atom is -0.330 e. The molecule has 82 valence electrons.